The van der Waals surface area contributed by atoms with Crippen molar-refractivity contribution < 1.29 is 13.5 Å². The van der Waals surface area contributed by atoms with Crippen LogP contribution in [-0.4, -0.2) is 26.8 Å². The van der Waals surface area contributed by atoms with E-state index in [1.54, 1.807) is 24.3 Å². The zero-order valence-electron chi connectivity index (χ0n) is 9.95. The van der Waals surface area contributed by atoms with E-state index in [2.05, 4.69) is 10.2 Å². The van der Waals surface area contributed by atoms with Crippen LogP contribution in [0.5, 0.6) is 5.75 Å². The van der Waals surface area contributed by atoms with Crippen LogP contribution in [0.15, 0.2) is 45.5 Å². The van der Waals surface area contributed by atoms with Crippen LogP contribution in [0.4, 0.5) is 5.69 Å². The Morgan fingerprint density at radius 2 is 1.89 bits per heavy atom. The molecule has 0 fully saturated rings. The predicted molar refractivity (Wildman–Crippen MR) is 69.2 cm³/mol. The molecule has 6 heteroatoms. The molecule has 0 aromatic heterocycles. The lowest BCUT2D eigenvalue weighted by Gasteiger charge is -2.08. The molecule has 0 radical (unpaired) electrons. The van der Waals surface area contributed by atoms with Gasteiger partial charge in [0, 0.05) is 18.7 Å². The van der Waals surface area contributed by atoms with E-state index in [0.717, 1.165) is 6.26 Å². The quantitative estimate of drug-likeness (QED) is 0.847. The maximum atomic E-state index is 11.7. The molecule has 18 heavy (non-hydrogen) atoms. The van der Waals surface area contributed by atoms with Crippen LogP contribution in [0.25, 0.3) is 10.8 Å². The van der Waals surface area contributed by atoms with Crippen LogP contribution in [0, 0.1) is 0 Å². The second-order valence-corrected chi connectivity index (χ2v) is 5.85. The van der Waals surface area contributed by atoms with Gasteiger partial charge in [0.1, 0.15) is 5.69 Å². The first kappa shape index (κ1) is 12.5. The lowest BCUT2D eigenvalue weighted by molar-refractivity contribution is 0.480. The molecule has 0 aliphatic rings. The zero-order chi connectivity index (χ0) is 13.3. The number of aromatic hydroxyl groups is 1. The van der Waals surface area contributed by atoms with Crippen LogP contribution in [-0.2, 0) is 9.84 Å². The predicted octanol–water partition coefficient (Wildman–Crippen LogP) is 2.66. The third kappa shape index (κ3) is 2.06. The molecule has 0 saturated carbocycles. The molecular weight excluding hydrogens is 252 g/mol. The van der Waals surface area contributed by atoms with Gasteiger partial charge in [-0.05, 0) is 11.5 Å². The van der Waals surface area contributed by atoms with Crippen molar-refractivity contribution in [2.24, 2.45) is 10.2 Å². The largest absolute Gasteiger partial charge is 0.505 e. The van der Waals surface area contributed by atoms with Gasteiger partial charge in [-0.3, -0.25) is 0 Å². The second-order valence-electron chi connectivity index (χ2n) is 3.87. The Labute approximate surface area is 105 Å². The molecule has 0 bridgehead atoms. The number of sulfone groups is 1. The average Bonchev–Trinajstić information content (AvgIpc) is 2.31. The zero-order valence-corrected chi connectivity index (χ0v) is 10.8. The van der Waals surface area contributed by atoms with Crippen molar-refractivity contribution in [2.45, 2.75) is 4.90 Å². The lowest BCUT2D eigenvalue weighted by atomic mass is 10.1. The smallest absolute Gasteiger partial charge is 0.177 e. The van der Waals surface area contributed by atoms with Gasteiger partial charge in [-0.15, -0.1) is 0 Å². The highest BCUT2D eigenvalue weighted by atomic mass is 32.2. The first-order valence-electron chi connectivity index (χ1n) is 5.19. The van der Waals surface area contributed by atoms with Gasteiger partial charge in [0.25, 0.3) is 0 Å². The number of rotatable bonds is 2. The van der Waals surface area contributed by atoms with Crippen molar-refractivity contribution in [1.29, 1.82) is 0 Å². The van der Waals surface area contributed by atoms with Crippen molar-refractivity contribution in [2.75, 3.05) is 13.3 Å². The summed E-state index contributed by atoms with van der Waals surface area (Å²) in [7, 11) is -2.07. The molecule has 2 aromatic carbocycles. The fourth-order valence-corrected chi connectivity index (χ4v) is 2.60. The third-order valence-electron chi connectivity index (χ3n) is 2.56. The fourth-order valence-electron chi connectivity index (χ4n) is 1.77. The van der Waals surface area contributed by atoms with Gasteiger partial charge < -0.3 is 5.11 Å². The number of nitrogens with zero attached hydrogens (tertiary/aromatic N) is 2. The Balaban J connectivity index is 2.97. The van der Waals surface area contributed by atoms with Crippen LogP contribution >= 0.6 is 0 Å². The number of hydrogen-bond donors (Lipinski definition) is 1. The Morgan fingerprint density at radius 3 is 2.50 bits per heavy atom. The molecule has 0 unspecified atom stereocenters. The minimum absolute atomic E-state index is 0.0151. The minimum Gasteiger partial charge on any atom is -0.505 e. The Kier molecular flexibility index (Phi) is 3.04. The third-order valence-corrected chi connectivity index (χ3v) is 3.67. The molecule has 0 atom stereocenters. The van der Waals surface area contributed by atoms with E-state index < -0.39 is 9.84 Å². The summed E-state index contributed by atoms with van der Waals surface area (Å²) in [5.74, 6) is -0.167. The molecule has 2 aromatic rings. The number of hydrogen-bond acceptors (Lipinski definition) is 5. The molecule has 0 spiro atoms. The Hall–Kier alpha value is -1.95. The van der Waals surface area contributed by atoms with Gasteiger partial charge in [0.05, 0.1) is 4.90 Å². The summed E-state index contributed by atoms with van der Waals surface area (Å²) in [4.78, 5) is -0.0238. The van der Waals surface area contributed by atoms with E-state index in [1.807, 2.05) is 0 Å². The van der Waals surface area contributed by atoms with E-state index in [0.29, 0.717) is 10.8 Å². The number of phenols is 1. The van der Waals surface area contributed by atoms with Gasteiger partial charge in [0.2, 0.25) is 0 Å². The lowest BCUT2D eigenvalue weighted by Crippen LogP contribution is -1.98. The average molecular weight is 264 g/mol. The Bertz CT molecular complexity index is 736. The molecule has 0 heterocycles. The maximum Gasteiger partial charge on any atom is 0.177 e. The first-order valence-corrected chi connectivity index (χ1v) is 7.09. The highest BCUT2D eigenvalue weighted by Gasteiger charge is 2.19. The first-order chi connectivity index (χ1) is 8.45. The van der Waals surface area contributed by atoms with E-state index >= 15 is 0 Å². The molecule has 0 aliphatic carbocycles. The SMILES string of the molecule is CN=Nc1c(S(C)(=O)=O)cc2ccccc2c1O. The highest BCUT2D eigenvalue weighted by molar-refractivity contribution is 7.90. The van der Waals surface area contributed by atoms with Gasteiger partial charge >= 0.3 is 0 Å². The maximum absolute atomic E-state index is 11.7. The van der Waals surface area contributed by atoms with Crippen LogP contribution in [0.3, 0.4) is 0 Å². The van der Waals surface area contributed by atoms with Gasteiger partial charge in [0.15, 0.2) is 15.6 Å². The van der Waals surface area contributed by atoms with Crippen LogP contribution < -0.4 is 0 Å². The molecule has 0 aliphatic heterocycles. The van der Waals surface area contributed by atoms with E-state index in [9.17, 15) is 13.5 Å². The molecule has 0 amide bonds. The van der Waals surface area contributed by atoms with Crippen molar-refractivity contribution in [1.82, 2.24) is 0 Å². The van der Waals surface area contributed by atoms with Crippen molar-refractivity contribution in [3.05, 3.63) is 30.3 Å². The van der Waals surface area contributed by atoms with Crippen molar-refractivity contribution in [3.63, 3.8) is 0 Å². The number of azo groups is 1. The molecule has 2 rings (SSSR count). The summed E-state index contributed by atoms with van der Waals surface area (Å²) in [5, 5.41) is 18.6. The molecule has 0 saturated heterocycles. The summed E-state index contributed by atoms with van der Waals surface area (Å²) >= 11 is 0. The van der Waals surface area contributed by atoms with Gasteiger partial charge in [-0.1, -0.05) is 24.3 Å². The molecule has 1 N–H and O–H groups in total. The molecule has 5 nitrogen and oxygen atoms in total. The normalized spacial score (nSPS) is 12.3. The fraction of sp³-hybridized carbons (Fsp3) is 0.167. The summed E-state index contributed by atoms with van der Waals surface area (Å²) in [6, 6.07) is 8.46. The van der Waals surface area contributed by atoms with Crippen LogP contribution in [0.2, 0.25) is 0 Å². The number of phenolic OH excluding ortho intramolecular Hbond substituents is 1. The molecule has 94 valence electrons. The number of benzene rings is 2. The second kappa shape index (κ2) is 4.38. The summed E-state index contributed by atoms with van der Waals surface area (Å²) < 4.78 is 23.4. The van der Waals surface area contributed by atoms with Gasteiger partial charge in [-0.25, -0.2) is 8.42 Å². The van der Waals surface area contributed by atoms with E-state index in [-0.39, 0.29) is 16.3 Å². The highest BCUT2D eigenvalue weighted by Crippen LogP contribution is 2.40. The topological polar surface area (TPSA) is 79.1 Å². The van der Waals surface area contributed by atoms with Crippen LogP contribution in [0.1, 0.15) is 0 Å². The monoisotopic (exact) mass is 264 g/mol. The number of fused-ring (bicyclic) bond motifs is 1. The standard InChI is InChI=1S/C12H12N2O3S/c1-13-14-11-10(18(2,16)17)7-8-5-3-4-6-9(8)12(11)15/h3-7,15H,1-2H3. The summed E-state index contributed by atoms with van der Waals surface area (Å²) in [5.41, 5.74) is -0.0151. The molecular formula is C12H12N2O3S. The van der Waals surface area contributed by atoms with Gasteiger partial charge in [-0.2, -0.15) is 10.2 Å². The van der Waals surface area contributed by atoms with Crippen molar-refractivity contribution >= 4 is 26.3 Å². The minimum atomic E-state index is -3.48. The summed E-state index contributed by atoms with van der Waals surface area (Å²) in [6.45, 7) is 0. The van der Waals surface area contributed by atoms with E-state index in [4.69, 9.17) is 0 Å². The Morgan fingerprint density at radius 1 is 1.22 bits per heavy atom. The van der Waals surface area contributed by atoms with Crippen molar-refractivity contribution in [3.8, 4) is 5.75 Å². The summed E-state index contributed by atoms with van der Waals surface area (Å²) in [6.07, 6.45) is 1.07. The van der Waals surface area contributed by atoms with E-state index in [1.165, 1.54) is 13.1 Å².